The van der Waals surface area contributed by atoms with Gasteiger partial charge in [-0.2, -0.15) is 0 Å². The molecule has 0 spiro atoms. The van der Waals surface area contributed by atoms with Crippen LogP contribution >= 0.6 is 0 Å². The fraction of sp³-hybridized carbons (Fsp3) is 0.481. The molecule has 4 rings (SSSR count). The second-order valence-electron chi connectivity index (χ2n) is 9.08. The fourth-order valence-corrected chi connectivity index (χ4v) is 5.40. The molecule has 1 atom stereocenters. The number of carbonyl (C=O) groups excluding carboxylic acids is 2. The van der Waals surface area contributed by atoms with E-state index in [4.69, 9.17) is 4.74 Å². The van der Waals surface area contributed by atoms with Gasteiger partial charge in [0.2, 0.25) is 5.91 Å². The Kier molecular flexibility index (Phi) is 7.13. The van der Waals surface area contributed by atoms with Gasteiger partial charge in [0.05, 0.1) is 12.5 Å². The van der Waals surface area contributed by atoms with Crippen molar-refractivity contribution >= 4 is 11.8 Å². The van der Waals surface area contributed by atoms with Crippen molar-refractivity contribution in [2.75, 3.05) is 20.2 Å². The Hall–Kier alpha value is -2.82. The summed E-state index contributed by atoms with van der Waals surface area (Å²) in [6, 6.07) is 17.6. The number of methoxy groups -OCH3 is 1. The third-order valence-electron chi connectivity index (χ3n) is 7.20. The van der Waals surface area contributed by atoms with Gasteiger partial charge in [-0.25, -0.2) is 0 Å². The van der Waals surface area contributed by atoms with Crippen molar-refractivity contribution in [3.63, 3.8) is 0 Å². The maximum Gasteiger partial charge on any atom is 0.251 e. The Morgan fingerprint density at radius 3 is 2.41 bits per heavy atom. The SMILES string of the molecule is COc1ccc(C2(C(=O)N3CCCCC3CCNC(=O)c3ccccc3)CCCC2)cc1. The number of rotatable bonds is 7. The third kappa shape index (κ3) is 4.67. The smallest absolute Gasteiger partial charge is 0.251 e. The van der Waals surface area contributed by atoms with Gasteiger partial charge in [0.25, 0.3) is 5.91 Å². The highest BCUT2D eigenvalue weighted by atomic mass is 16.5. The van der Waals surface area contributed by atoms with Gasteiger partial charge < -0.3 is 15.0 Å². The summed E-state index contributed by atoms with van der Waals surface area (Å²) >= 11 is 0. The third-order valence-corrected chi connectivity index (χ3v) is 7.20. The maximum absolute atomic E-state index is 14.0. The minimum atomic E-state index is -0.421. The van der Waals surface area contributed by atoms with E-state index < -0.39 is 5.41 Å². The number of ether oxygens (including phenoxy) is 1. The Labute approximate surface area is 191 Å². The number of benzene rings is 2. The van der Waals surface area contributed by atoms with Gasteiger partial charge in [0.1, 0.15) is 5.75 Å². The lowest BCUT2D eigenvalue weighted by atomic mass is 9.76. The van der Waals surface area contributed by atoms with Gasteiger partial charge in [-0.3, -0.25) is 9.59 Å². The summed E-state index contributed by atoms with van der Waals surface area (Å²) in [5.41, 5.74) is 1.37. The normalized spacial score (nSPS) is 20.0. The van der Waals surface area contributed by atoms with Gasteiger partial charge in [-0.15, -0.1) is 0 Å². The second kappa shape index (κ2) is 10.2. The van der Waals surface area contributed by atoms with Crippen LogP contribution in [0, 0.1) is 0 Å². The summed E-state index contributed by atoms with van der Waals surface area (Å²) in [6.07, 6.45) is 7.98. The van der Waals surface area contributed by atoms with Crippen LogP contribution in [0.4, 0.5) is 0 Å². The van der Waals surface area contributed by atoms with Crippen molar-refractivity contribution in [3.05, 3.63) is 65.7 Å². The molecule has 2 aliphatic rings. The Bertz CT molecular complexity index is 904. The first-order valence-electron chi connectivity index (χ1n) is 11.9. The summed E-state index contributed by atoms with van der Waals surface area (Å²) in [6.45, 7) is 1.39. The number of hydrogen-bond acceptors (Lipinski definition) is 3. The van der Waals surface area contributed by atoms with Crippen molar-refractivity contribution in [2.24, 2.45) is 0 Å². The molecule has 1 aliphatic carbocycles. The van der Waals surface area contributed by atoms with Crippen LogP contribution in [0.2, 0.25) is 0 Å². The van der Waals surface area contributed by atoms with Crippen LogP contribution in [0.15, 0.2) is 54.6 Å². The highest BCUT2D eigenvalue weighted by molar-refractivity contribution is 5.94. The molecule has 5 nitrogen and oxygen atoms in total. The molecule has 0 bridgehead atoms. The van der Waals surface area contributed by atoms with Crippen LogP contribution in [0.3, 0.4) is 0 Å². The van der Waals surface area contributed by atoms with Gasteiger partial charge in [-0.05, 0) is 68.4 Å². The van der Waals surface area contributed by atoms with E-state index in [0.29, 0.717) is 12.1 Å². The molecule has 0 aromatic heterocycles. The quantitative estimate of drug-likeness (QED) is 0.687. The van der Waals surface area contributed by atoms with E-state index in [1.165, 1.54) is 0 Å². The summed E-state index contributed by atoms with van der Waals surface area (Å²) in [7, 11) is 1.67. The number of amides is 2. The van der Waals surface area contributed by atoms with E-state index in [2.05, 4.69) is 22.3 Å². The van der Waals surface area contributed by atoms with Crippen LogP contribution in [0.5, 0.6) is 5.75 Å². The van der Waals surface area contributed by atoms with Crippen LogP contribution in [0.25, 0.3) is 0 Å². The number of nitrogens with zero attached hydrogens (tertiary/aromatic N) is 1. The first kappa shape index (κ1) is 22.4. The van der Waals surface area contributed by atoms with Crippen molar-refractivity contribution in [3.8, 4) is 5.75 Å². The van der Waals surface area contributed by atoms with Gasteiger partial charge in [-0.1, -0.05) is 43.2 Å². The molecule has 2 amide bonds. The van der Waals surface area contributed by atoms with Crippen LogP contribution in [0.1, 0.15) is 67.3 Å². The number of likely N-dealkylation sites (tertiary alicyclic amines) is 1. The van der Waals surface area contributed by atoms with E-state index in [1.807, 2.05) is 42.5 Å². The largest absolute Gasteiger partial charge is 0.497 e. The number of hydrogen-bond donors (Lipinski definition) is 1. The van der Waals surface area contributed by atoms with Crippen molar-refractivity contribution in [1.82, 2.24) is 10.2 Å². The maximum atomic E-state index is 14.0. The zero-order valence-corrected chi connectivity index (χ0v) is 19.0. The molecule has 1 aliphatic heterocycles. The molecule has 1 N–H and O–H groups in total. The summed E-state index contributed by atoms with van der Waals surface area (Å²) < 4.78 is 5.32. The Balaban J connectivity index is 1.45. The second-order valence-corrected chi connectivity index (χ2v) is 9.08. The van der Waals surface area contributed by atoms with Crippen molar-refractivity contribution in [1.29, 1.82) is 0 Å². The first-order valence-corrected chi connectivity index (χ1v) is 11.9. The van der Waals surface area contributed by atoms with E-state index >= 15 is 0 Å². The Morgan fingerprint density at radius 1 is 1.00 bits per heavy atom. The summed E-state index contributed by atoms with van der Waals surface area (Å²) in [5, 5.41) is 3.04. The molecule has 32 heavy (non-hydrogen) atoms. The standard InChI is InChI=1S/C27H34N2O3/c1-32-24-14-12-22(13-15-24)27(17-6-7-18-27)26(31)29-20-8-5-11-23(29)16-19-28-25(30)21-9-3-2-4-10-21/h2-4,9-10,12-15,23H,5-8,11,16-20H2,1H3,(H,28,30). The lowest BCUT2D eigenvalue weighted by Gasteiger charge is -2.42. The van der Waals surface area contributed by atoms with E-state index in [1.54, 1.807) is 7.11 Å². The number of nitrogens with one attached hydrogen (secondary N) is 1. The zero-order valence-electron chi connectivity index (χ0n) is 19.0. The summed E-state index contributed by atoms with van der Waals surface area (Å²) in [4.78, 5) is 28.5. The summed E-state index contributed by atoms with van der Waals surface area (Å²) in [5.74, 6) is 1.04. The fourth-order valence-electron chi connectivity index (χ4n) is 5.40. The predicted molar refractivity (Wildman–Crippen MR) is 126 cm³/mol. The molecule has 2 aromatic rings. The minimum absolute atomic E-state index is 0.0511. The molecule has 170 valence electrons. The molecule has 2 fully saturated rings. The predicted octanol–water partition coefficient (Wildman–Crippen LogP) is 4.71. The number of carbonyl (C=O) groups is 2. The van der Waals surface area contributed by atoms with Crippen LogP contribution in [-0.4, -0.2) is 43.0 Å². The zero-order chi connectivity index (χ0) is 22.4. The van der Waals surface area contributed by atoms with Crippen LogP contribution < -0.4 is 10.1 Å². The molecule has 5 heteroatoms. The van der Waals surface area contributed by atoms with E-state index in [9.17, 15) is 9.59 Å². The van der Waals surface area contributed by atoms with Crippen molar-refractivity contribution in [2.45, 2.75) is 62.8 Å². The van der Waals surface area contributed by atoms with Gasteiger partial charge in [0, 0.05) is 24.7 Å². The molecule has 1 unspecified atom stereocenters. The highest BCUT2D eigenvalue weighted by Gasteiger charge is 2.46. The van der Waals surface area contributed by atoms with E-state index in [0.717, 1.165) is 69.2 Å². The molecular formula is C27H34N2O3. The molecule has 0 radical (unpaired) electrons. The molecule has 1 saturated carbocycles. The highest BCUT2D eigenvalue weighted by Crippen LogP contribution is 2.44. The Morgan fingerprint density at radius 2 is 1.72 bits per heavy atom. The van der Waals surface area contributed by atoms with Crippen LogP contribution in [-0.2, 0) is 10.2 Å². The lowest BCUT2D eigenvalue weighted by molar-refractivity contribution is -0.141. The molecule has 2 aromatic carbocycles. The number of piperidine rings is 1. The van der Waals surface area contributed by atoms with Crippen molar-refractivity contribution < 1.29 is 14.3 Å². The topological polar surface area (TPSA) is 58.6 Å². The van der Waals surface area contributed by atoms with Gasteiger partial charge >= 0.3 is 0 Å². The molecule has 1 saturated heterocycles. The average molecular weight is 435 g/mol. The molecular weight excluding hydrogens is 400 g/mol. The first-order chi connectivity index (χ1) is 15.6. The lowest BCUT2D eigenvalue weighted by Crippen LogP contribution is -2.52. The monoisotopic (exact) mass is 434 g/mol. The minimum Gasteiger partial charge on any atom is -0.497 e. The molecule has 1 heterocycles. The average Bonchev–Trinajstić information content (AvgIpc) is 3.36. The van der Waals surface area contributed by atoms with E-state index in [-0.39, 0.29) is 17.9 Å². The van der Waals surface area contributed by atoms with Gasteiger partial charge in [0.15, 0.2) is 0 Å².